The monoisotopic (exact) mass is 386 g/mol. The molecule has 0 saturated carbocycles. The molecule has 27 heavy (non-hydrogen) atoms. The molecule has 3 aromatic rings. The lowest BCUT2D eigenvalue weighted by atomic mass is 10.1. The van der Waals surface area contributed by atoms with Crippen LogP contribution in [0.2, 0.25) is 0 Å². The normalized spacial score (nSPS) is 12.1. The molecule has 2 aromatic carbocycles. The number of rotatable bonds is 4. The van der Waals surface area contributed by atoms with Gasteiger partial charge in [-0.1, -0.05) is 29.8 Å². The fourth-order valence-electron chi connectivity index (χ4n) is 2.90. The molecule has 1 unspecified atom stereocenters. The van der Waals surface area contributed by atoms with Gasteiger partial charge in [0.05, 0.1) is 6.04 Å². The summed E-state index contributed by atoms with van der Waals surface area (Å²) in [6, 6.07) is 9.35. The molecule has 3 rings (SSSR count). The van der Waals surface area contributed by atoms with E-state index in [0.29, 0.717) is 11.3 Å². The number of carbonyl (C=O) groups excluding carboxylic acids is 1. The van der Waals surface area contributed by atoms with Crippen LogP contribution in [0.4, 0.5) is 8.78 Å². The van der Waals surface area contributed by atoms with Crippen molar-refractivity contribution < 1.29 is 13.6 Å². The van der Waals surface area contributed by atoms with Crippen LogP contribution in [0.1, 0.15) is 40.1 Å². The smallest absolute Gasteiger partial charge is 0.273 e. The molecule has 0 bridgehead atoms. The topological polar surface area (TPSA) is 33.2 Å². The maximum atomic E-state index is 13.5. The molecule has 0 saturated heterocycles. The van der Waals surface area contributed by atoms with Gasteiger partial charge in [0, 0.05) is 18.0 Å². The first kappa shape index (κ1) is 19.2. The van der Waals surface area contributed by atoms with E-state index in [1.54, 1.807) is 19.4 Å². The lowest BCUT2D eigenvalue weighted by Crippen LogP contribution is -2.30. The number of thiazole rings is 1. The third kappa shape index (κ3) is 3.90. The lowest BCUT2D eigenvalue weighted by Gasteiger charge is -2.24. The van der Waals surface area contributed by atoms with Gasteiger partial charge >= 0.3 is 0 Å². The van der Waals surface area contributed by atoms with E-state index in [9.17, 15) is 13.6 Å². The Bertz CT molecular complexity index is 1000. The molecule has 1 amide bonds. The second-order valence-corrected chi connectivity index (χ2v) is 7.48. The Morgan fingerprint density at radius 2 is 1.85 bits per heavy atom. The summed E-state index contributed by atoms with van der Waals surface area (Å²) in [5.41, 5.74) is 4.14. The minimum absolute atomic E-state index is 0.264. The first-order valence-electron chi connectivity index (χ1n) is 8.53. The highest BCUT2D eigenvalue weighted by Crippen LogP contribution is 2.29. The molecular formula is C21H20F2N2OS. The zero-order valence-electron chi connectivity index (χ0n) is 15.6. The van der Waals surface area contributed by atoms with Crippen LogP contribution in [0.3, 0.4) is 0 Å². The third-order valence-electron chi connectivity index (χ3n) is 4.66. The van der Waals surface area contributed by atoms with Gasteiger partial charge in [0.15, 0.2) is 11.6 Å². The van der Waals surface area contributed by atoms with Crippen molar-refractivity contribution in [2.75, 3.05) is 7.05 Å². The molecule has 0 aliphatic carbocycles. The summed E-state index contributed by atoms with van der Waals surface area (Å²) in [4.78, 5) is 18.8. The fraction of sp³-hybridized carbons (Fsp3) is 0.238. The second-order valence-electron chi connectivity index (χ2n) is 6.62. The molecule has 0 N–H and O–H groups in total. The van der Waals surface area contributed by atoms with Crippen molar-refractivity contribution in [3.05, 3.63) is 75.8 Å². The molecule has 0 spiro atoms. The number of hydrogen-bond donors (Lipinski definition) is 0. The lowest BCUT2D eigenvalue weighted by molar-refractivity contribution is 0.0737. The van der Waals surface area contributed by atoms with Gasteiger partial charge in [0.2, 0.25) is 0 Å². The van der Waals surface area contributed by atoms with Crippen LogP contribution in [-0.4, -0.2) is 22.8 Å². The molecule has 0 radical (unpaired) electrons. The highest BCUT2D eigenvalue weighted by Gasteiger charge is 2.22. The maximum absolute atomic E-state index is 13.5. The van der Waals surface area contributed by atoms with Crippen LogP contribution < -0.4 is 0 Å². The average Bonchev–Trinajstić information content (AvgIpc) is 3.12. The molecule has 140 valence electrons. The molecule has 6 heteroatoms. The average molecular weight is 386 g/mol. The molecule has 1 atom stereocenters. The van der Waals surface area contributed by atoms with E-state index in [1.165, 1.54) is 27.9 Å². The van der Waals surface area contributed by atoms with Gasteiger partial charge in [0.25, 0.3) is 5.91 Å². The quantitative estimate of drug-likeness (QED) is 0.590. The van der Waals surface area contributed by atoms with E-state index in [1.807, 2.05) is 26.0 Å². The standard InChI is InChI=1S/C21H20F2N2OS/c1-12-5-7-16(13(2)9-12)20-24-19(11-27-20)21(26)25(4)14(3)15-6-8-17(22)18(23)10-15/h5-11,14H,1-4H3. The van der Waals surface area contributed by atoms with Crippen LogP contribution >= 0.6 is 11.3 Å². The Morgan fingerprint density at radius 1 is 1.11 bits per heavy atom. The molecule has 0 aliphatic rings. The predicted molar refractivity (Wildman–Crippen MR) is 104 cm³/mol. The second kappa shape index (κ2) is 7.56. The van der Waals surface area contributed by atoms with Gasteiger partial charge < -0.3 is 4.90 Å². The molecule has 1 aromatic heterocycles. The summed E-state index contributed by atoms with van der Waals surface area (Å²) in [5, 5.41) is 2.51. The van der Waals surface area contributed by atoms with Gasteiger partial charge in [-0.2, -0.15) is 0 Å². The highest BCUT2D eigenvalue weighted by molar-refractivity contribution is 7.13. The van der Waals surface area contributed by atoms with Crippen molar-refractivity contribution in [1.29, 1.82) is 0 Å². The Balaban J connectivity index is 1.83. The van der Waals surface area contributed by atoms with Gasteiger partial charge in [-0.15, -0.1) is 11.3 Å². The van der Waals surface area contributed by atoms with Crippen LogP contribution in [0.5, 0.6) is 0 Å². The first-order chi connectivity index (χ1) is 12.8. The number of hydrogen-bond acceptors (Lipinski definition) is 3. The van der Waals surface area contributed by atoms with Crippen LogP contribution in [-0.2, 0) is 0 Å². The molecule has 0 aliphatic heterocycles. The van der Waals surface area contributed by atoms with E-state index < -0.39 is 17.7 Å². The molecular weight excluding hydrogens is 366 g/mol. The van der Waals surface area contributed by atoms with Gasteiger partial charge in [-0.05, 0) is 44.0 Å². The summed E-state index contributed by atoms with van der Waals surface area (Å²) in [6.45, 7) is 5.81. The first-order valence-corrected chi connectivity index (χ1v) is 9.41. The maximum Gasteiger partial charge on any atom is 0.273 e. The molecule has 1 heterocycles. The SMILES string of the molecule is Cc1ccc(-c2nc(C(=O)N(C)C(C)c3ccc(F)c(F)c3)cs2)c(C)c1. The summed E-state index contributed by atoms with van der Waals surface area (Å²) in [5.74, 6) is -2.09. The van der Waals surface area contributed by atoms with E-state index in [2.05, 4.69) is 11.1 Å². The number of carbonyl (C=O) groups is 1. The van der Waals surface area contributed by atoms with Crippen LogP contribution in [0.15, 0.2) is 41.8 Å². The zero-order valence-corrected chi connectivity index (χ0v) is 16.4. The number of aryl methyl sites for hydroxylation is 2. The summed E-state index contributed by atoms with van der Waals surface area (Å²) in [6.07, 6.45) is 0. The van der Waals surface area contributed by atoms with E-state index in [0.717, 1.165) is 28.3 Å². The number of aromatic nitrogens is 1. The predicted octanol–water partition coefficient (Wildman–Crippen LogP) is 5.54. The number of amides is 1. The van der Waals surface area contributed by atoms with Crippen molar-refractivity contribution in [2.45, 2.75) is 26.8 Å². The Labute approximate surface area is 161 Å². The van der Waals surface area contributed by atoms with Crippen molar-refractivity contribution in [1.82, 2.24) is 9.88 Å². The third-order valence-corrected chi connectivity index (χ3v) is 5.54. The molecule has 0 fully saturated rings. The minimum atomic E-state index is -0.925. The Hall–Kier alpha value is -2.60. The van der Waals surface area contributed by atoms with Crippen LogP contribution in [0.25, 0.3) is 10.6 Å². The Morgan fingerprint density at radius 3 is 2.52 bits per heavy atom. The number of halogens is 2. The van der Waals surface area contributed by atoms with Crippen molar-refractivity contribution >= 4 is 17.2 Å². The Kier molecular flexibility index (Phi) is 5.37. The van der Waals surface area contributed by atoms with Gasteiger partial charge in [-0.25, -0.2) is 13.8 Å². The molecule has 3 nitrogen and oxygen atoms in total. The van der Waals surface area contributed by atoms with Crippen molar-refractivity contribution in [3.8, 4) is 10.6 Å². The van der Waals surface area contributed by atoms with Crippen molar-refractivity contribution in [3.63, 3.8) is 0 Å². The zero-order chi connectivity index (χ0) is 19.7. The number of nitrogens with zero attached hydrogens (tertiary/aromatic N) is 2. The number of benzene rings is 2. The van der Waals surface area contributed by atoms with Crippen molar-refractivity contribution in [2.24, 2.45) is 0 Å². The largest absolute Gasteiger partial charge is 0.334 e. The van der Waals surface area contributed by atoms with Gasteiger partial charge in [-0.3, -0.25) is 4.79 Å². The summed E-state index contributed by atoms with van der Waals surface area (Å²) < 4.78 is 26.6. The van der Waals surface area contributed by atoms with E-state index >= 15 is 0 Å². The highest BCUT2D eigenvalue weighted by atomic mass is 32.1. The summed E-state index contributed by atoms with van der Waals surface area (Å²) >= 11 is 1.41. The van der Waals surface area contributed by atoms with Gasteiger partial charge in [0.1, 0.15) is 10.7 Å². The van der Waals surface area contributed by atoms with E-state index in [4.69, 9.17) is 0 Å². The summed E-state index contributed by atoms with van der Waals surface area (Å²) in [7, 11) is 1.63. The van der Waals surface area contributed by atoms with E-state index in [-0.39, 0.29) is 5.91 Å². The van der Waals surface area contributed by atoms with Crippen LogP contribution in [0, 0.1) is 25.5 Å². The minimum Gasteiger partial charge on any atom is -0.334 e. The fourth-order valence-corrected chi connectivity index (χ4v) is 3.79.